The van der Waals surface area contributed by atoms with Crippen molar-refractivity contribution >= 4 is 28.3 Å². The van der Waals surface area contributed by atoms with Crippen molar-refractivity contribution in [3.63, 3.8) is 0 Å². The summed E-state index contributed by atoms with van der Waals surface area (Å²) in [5.74, 6) is -2.20. The minimum Gasteiger partial charge on any atom is -0.344 e. The molecular weight excluding hydrogens is 436 g/mol. The number of carbonyl (C=O) groups excluding carboxylic acids is 2. The fraction of sp³-hybridized carbons (Fsp3) is 0.545. The van der Waals surface area contributed by atoms with E-state index >= 15 is 0 Å². The van der Waals surface area contributed by atoms with Crippen LogP contribution in [0.1, 0.15) is 63.4 Å². The molecule has 176 valence electrons. The Morgan fingerprint density at radius 1 is 1.06 bits per heavy atom. The fourth-order valence-electron chi connectivity index (χ4n) is 3.09. The lowest BCUT2D eigenvalue weighted by Gasteiger charge is -2.17. The standard InChI is InChI=1S/C22H31F2N5O2S/c1-5-6-18(26-19(30)11-15-9-16(23)12-17(24)10-15)20(31)27-22-29-28-21(32-22)14(4)7-8-25-13(2)3/h9-10,12-14,18,25H,5-8,11H2,1-4H3,(H,26,30)(H,27,29,31). The van der Waals surface area contributed by atoms with Crippen molar-refractivity contribution in [3.8, 4) is 0 Å². The van der Waals surface area contributed by atoms with E-state index in [0.717, 1.165) is 36.2 Å². The van der Waals surface area contributed by atoms with Gasteiger partial charge in [-0.25, -0.2) is 8.78 Å². The summed E-state index contributed by atoms with van der Waals surface area (Å²) < 4.78 is 26.7. The van der Waals surface area contributed by atoms with E-state index in [1.54, 1.807) is 0 Å². The zero-order valence-electron chi connectivity index (χ0n) is 18.9. The Bertz CT molecular complexity index is 886. The fourth-order valence-corrected chi connectivity index (χ4v) is 3.92. The maximum atomic E-state index is 13.3. The van der Waals surface area contributed by atoms with Crippen molar-refractivity contribution in [1.29, 1.82) is 0 Å². The first kappa shape index (κ1) is 25.8. The molecule has 0 saturated heterocycles. The SMILES string of the molecule is CCCC(NC(=O)Cc1cc(F)cc(F)c1)C(=O)Nc1nnc(C(C)CCNC(C)C)s1. The molecule has 0 saturated carbocycles. The molecule has 1 aromatic heterocycles. The molecule has 0 aliphatic heterocycles. The highest BCUT2D eigenvalue weighted by Gasteiger charge is 2.22. The van der Waals surface area contributed by atoms with Gasteiger partial charge in [0, 0.05) is 18.0 Å². The normalized spacial score (nSPS) is 13.1. The number of carbonyl (C=O) groups is 2. The topological polar surface area (TPSA) is 96.0 Å². The number of amides is 2. The number of nitrogens with zero attached hydrogens (tertiary/aromatic N) is 2. The number of halogens is 2. The van der Waals surface area contributed by atoms with E-state index in [4.69, 9.17) is 0 Å². The van der Waals surface area contributed by atoms with Gasteiger partial charge >= 0.3 is 0 Å². The summed E-state index contributed by atoms with van der Waals surface area (Å²) in [5.41, 5.74) is 0.199. The highest BCUT2D eigenvalue weighted by Crippen LogP contribution is 2.25. The van der Waals surface area contributed by atoms with Crippen molar-refractivity contribution < 1.29 is 18.4 Å². The van der Waals surface area contributed by atoms with Crippen LogP contribution in [0.5, 0.6) is 0 Å². The monoisotopic (exact) mass is 467 g/mol. The number of hydrogen-bond donors (Lipinski definition) is 3. The van der Waals surface area contributed by atoms with Crippen LogP contribution in [0.25, 0.3) is 0 Å². The molecule has 10 heteroatoms. The predicted octanol–water partition coefficient (Wildman–Crippen LogP) is 3.77. The van der Waals surface area contributed by atoms with Crippen LogP contribution in [0.4, 0.5) is 13.9 Å². The van der Waals surface area contributed by atoms with Gasteiger partial charge in [-0.2, -0.15) is 0 Å². The molecule has 32 heavy (non-hydrogen) atoms. The van der Waals surface area contributed by atoms with Crippen molar-refractivity contribution in [2.45, 2.75) is 71.4 Å². The third-order valence-corrected chi connectivity index (χ3v) is 5.81. The van der Waals surface area contributed by atoms with Crippen molar-refractivity contribution in [2.75, 3.05) is 11.9 Å². The lowest BCUT2D eigenvalue weighted by molar-refractivity contribution is -0.126. The number of aromatic nitrogens is 2. The first-order valence-electron chi connectivity index (χ1n) is 10.8. The van der Waals surface area contributed by atoms with E-state index in [1.807, 2.05) is 6.92 Å². The van der Waals surface area contributed by atoms with Crippen LogP contribution in [0.3, 0.4) is 0 Å². The zero-order valence-corrected chi connectivity index (χ0v) is 19.7. The zero-order chi connectivity index (χ0) is 23.7. The maximum absolute atomic E-state index is 13.3. The van der Waals surface area contributed by atoms with Crippen LogP contribution < -0.4 is 16.0 Å². The van der Waals surface area contributed by atoms with Crippen LogP contribution in [-0.2, 0) is 16.0 Å². The largest absolute Gasteiger partial charge is 0.344 e. The number of benzene rings is 1. The maximum Gasteiger partial charge on any atom is 0.248 e. The van der Waals surface area contributed by atoms with Crippen LogP contribution >= 0.6 is 11.3 Å². The molecule has 0 bridgehead atoms. The average molecular weight is 468 g/mol. The van der Waals surface area contributed by atoms with E-state index in [1.165, 1.54) is 11.3 Å². The molecule has 3 N–H and O–H groups in total. The van der Waals surface area contributed by atoms with Crippen molar-refractivity contribution in [3.05, 3.63) is 40.4 Å². The van der Waals surface area contributed by atoms with Gasteiger partial charge < -0.3 is 10.6 Å². The van der Waals surface area contributed by atoms with E-state index < -0.39 is 29.5 Å². The molecule has 7 nitrogen and oxygen atoms in total. The molecule has 0 aliphatic carbocycles. The molecular formula is C22H31F2N5O2S. The Morgan fingerprint density at radius 3 is 2.38 bits per heavy atom. The molecule has 2 amide bonds. The van der Waals surface area contributed by atoms with Gasteiger partial charge in [0.1, 0.15) is 22.7 Å². The van der Waals surface area contributed by atoms with Gasteiger partial charge in [-0.1, -0.05) is 45.5 Å². The van der Waals surface area contributed by atoms with Crippen molar-refractivity contribution in [2.24, 2.45) is 0 Å². The second-order valence-electron chi connectivity index (χ2n) is 8.10. The first-order chi connectivity index (χ1) is 15.2. The van der Waals surface area contributed by atoms with Crippen LogP contribution in [0.15, 0.2) is 18.2 Å². The summed E-state index contributed by atoms with van der Waals surface area (Å²) in [6.07, 6.45) is 1.75. The van der Waals surface area contributed by atoms with Gasteiger partial charge in [0.25, 0.3) is 0 Å². The molecule has 2 rings (SSSR count). The second-order valence-corrected chi connectivity index (χ2v) is 9.11. The predicted molar refractivity (Wildman–Crippen MR) is 122 cm³/mol. The summed E-state index contributed by atoms with van der Waals surface area (Å²) in [7, 11) is 0. The second kappa shape index (κ2) is 12.5. The van der Waals surface area contributed by atoms with Gasteiger partial charge in [0.05, 0.1) is 6.42 Å². The minimum absolute atomic E-state index is 0.196. The molecule has 2 unspecified atom stereocenters. The summed E-state index contributed by atoms with van der Waals surface area (Å²) in [6.45, 7) is 8.99. The third kappa shape index (κ3) is 8.58. The van der Waals surface area contributed by atoms with Crippen LogP contribution in [0.2, 0.25) is 0 Å². The molecule has 1 heterocycles. The van der Waals surface area contributed by atoms with Gasteiger partial charge in [-0.05, 0) is 37.1 Å². The number of hydrogen-bond acceptors (Lipinski definition) is 6. The molecule has 2 atom stereocenters. The molecule has 0 fully saturated rings. The summed E-state index contributed by atoms with van der Waals surface area (Å²) in [5, 5.41) is 18.1. The average Bonchev–Trinajstić information content (AvgIpc) is 3.15. The van der Waals surface area contributed by atoms with Crippen LogP contribution in [0, 0.1) is 11.6 Å². The van der Waals surface area contributed by atoms with Gasteiger partial charge in [0.2, 0.25) is 16.9 Å². The quantitative estimate of drug-likeness (QED) is 0.442. The number of nitrogens with one attached hydrogen (secondary N) is 3. The Kier molecular flexibility index (Phi) is 10.1. The molecule has 2 aromatic rings. The molecule has 0 radical (unpaired) electrons. The summed E-state index contributed by atoms with van der Waals surface area (Å²) in [4.78, 5) is 25.1. The van der Waals surface area contributed by atoms with E-state index in [0.29, 0.717) is 24.0 Å². The van der Waals surface area contributed by atoms with Gasteiger partial charge in [-0.15, -0.1) is 10.2 Å². The number of anilines is 1. The highest BCUT2D eigenvalue weighted by molar-refractivity contribution is 7.15. The molecule has 0 spiro atoms. The van der Waals surface area contributed by atoms with E-state index in [-0.39, 0.29) is 17.9 Å². The smallest absolute Gasteiger partial charge is 0.248 e. The first-order valence-corrected chi connectivity index (χ1v) is 11.6. The lowest BCUT2D eigenvalue weighted by Crippen LogP contribution is -2.44. The summed E-state index contributed by atoms with van der Waals surface area (Å²) in [6, 6.07) is 2.56. The van der Waals surface area contributed by atoms with Crippen LogP contribution in [-0.4, -0.2) is 40.6 Å². The Labute approximate surface area is 191 Å². The Balaban J connectivity index is 1.93. The van der Waals surface area contributed by atoms with Gasteiger partial charge in [-0.3, -0.25) is 14.9 Å². The lowest BCUT2D eigenvalue weighted by atomic mass is 10.1. The molecule has 1 aromatic carbocycles. The van der Waals surface area contributed by atoms with E-state index in [2.05, 4.69) is 46.9 Å². The molecule has 0 aliphatic rings. The summed E-state index contributed by atoms with van der Waals surface area (Å²) >= 11 is 1.31. The third-order valence-electron chi connectivity index (χ3n) is 4.74. The van der Waals surface area contributed by atoms with Crippen molar-refractivity contribution in [1.82, 2.24) is 20.8 Å². The minimum atomic E-state index is -0.786. The van der Waals surface area contributed by atoms with E-state index in [9.17, 15) is 18.4 Å². The Morgan fingerprint density at radius 2 is 1.75 bits per heavy atom. The Hall–Kier alpha value is -2.46. The highest BCUT2D eigenvalue weighted by atomic mass is 32.1. The van der Waals surface area contributed by atoms with Gasteiger partial charge in [0.15, 0.2) is 0 Å². The number of rotatable bonds is 12.